The third-order valence-electron chi connectivity index (χ3n) is 5.74. The molecule has 1 aromatic carbocycles. The van der Waals surface area contributed by atoms with Crippen LogP contribution >= 0.6 is 11.3 Å². The number of hydrogen-bond acceptors (Lipinski definition) is 5. The fourth-order valence-corrected chi connectivity index (χ4v) is 5.33. The van der Waals surface area contributed by atoms with Gasteiger partial charge < -0.3 is 10.2 Å². The highest BCUT2D eigenvalue weighted by molar-refractivity contribution is 7.26. The molecule has 1 atom stereocenters. The number of benzene rings is 1. The molecule has 0 aliphatic carbocycles. The average Bonchev–Trinajstić information content (AvgIpc) is 3.37. The summed E-state index contributed by atoms with van der Waals surface area (Å²) < 4.78 is 3.38. The van der Waals surface area contributed by atoms with Gasteiger partial charge in [0.25, 0.3) is 5.56 Å². The Balaban J connectivity index is 1.56. The molecule has 6 nitrogen and oxygen atoms in total. The summed E-state index contributed by atoms with van der Waals surface area (Å²) in [4.78, 5) is 28.6. The molecule has 1 aliphatic rings. The number of aromatic nitrogens is 2. The van der Waals surface area contributed by atoms with E-state index in [-0.39, 0.29) is 11.5 Å². The first-order valence-corrected chi connectivity index (χ1v) is 11.3. The second-order valence-corrected chi connectivity index (χ2v) is 8.81. The number of likely N-dealkylation sites (tertiary alicyclic amines) is 1. The first-order chi connectivity index (χ1) is 14.1. The van der Waals surface area contributed by atoms with Gasteiger partial charge in [0.1, 0.15) is 6.04 Å². The van der Waals surface area contributed by atoms with Crippen LogP contribution in [-0.2, 0) is 4.79 Å². The molecule has 0 radical (unpaired) electrons. The summed E-state index contributed by atoms with van der Waals surface area (Å²) in [6.07, 6.45) is 4.01. The number of nitrogens with one attached hydrogen (secondary N) is 1. The van der Waals surface area contributed by atoms with Gasteiger partial charge >= 0.3 is 0 Å². The molecule has 154 valence electrons. The largest absolute Gasteiger partial charge is 0.354 e. The summed E-state index contributed by atoms with van der Waals surface area (Å²) in [5.74, 6) is -0.123. The minimum atomic E-state index is -0.587. The summed E-state index contributed by atoms with van der Waals surface area (Å²) in [6.45, 7) is 7.81. The fourth-order valence-electron chi connectivity index (χ4n) is 4.20. The first kappa shape index (κ1) is 20.0. The molecular formula is C22H28N4O2S. The Bertz CT molecular complexity index is 1080. The van der Waals surface area contributed by atoms with E-state index in [9.17, 15) is 9.59 Å². The normalized spacial score (nSPS) is 15.9. The number of rotatable bonds is 7. The first-order valence-electron chi connectivity index (χ1n) is 10.5. The Morgan fingerprint density at radius 1 is 1.28 bits per heavy atom. The van der Waals surface area contributed by atoms with Crippen molar-refractivity contribution in [3.8, 4) is 0 Å². The van der Waals surface area contributed by atoms with Crippen LogP contribution in [0.4, 0.5) is 0 Å². The molecule has 2 aromatic heterocycles. The quantitative estimate of drug-likeness (QED) is 0.604. The lowest BCUT2D eigenvalue weighted by atomic mass is 10.1. The second kappa shape index (κ2) is 8.63. The smallest absolute Gasteiger partial charge is 0.276 e. The standard InChI is InChI=1S/C22H28N4O2S/c1-3-17(21(27)23-11-8-14-25-12-6-7-13-25)26-22(28)19-16-9-4-5-10-18(16)29-20(19)15(2)24-26/h4-5,9-10,17H,3,6-8,11-14H2,1-2H3,(H,23,27)/t17-/m0/s1. The van der Waals surface area contributed by atoms with Crippen LogP contribution in [0.3, 0.4) is 0 Å². The molecule has 3 aromatic rings. The molecule has 0 bridgehead atoms. The number of hydrogen-bond donors (Lipinski definition) is 1. The van der Waals surface area contributed by atoms with Gasteiger partial charge in [0.15, 0.2) is 0 Å². The number of amides is 1. The summed E-state index contributed by atoms with van der Waals surface area (Å²) >= 11 is 1.59. The lowest BCUT2D eigenvalue weighted by molar-refractivity contribution is -0.124. The Labute approximate surface area is 174 Å². The van der Waals surface area contributed by atoms with Gasteiger partial charge in [-0.3, -0.25) is 9.59 Å². The van der Waals surface area contributed by atoms with E-state index in [1.54, 1.807) is 11.3 Å². The highest BCUT2D eigenvalue weighted by Gasteiger charge is 2.24. The van der Waals surface area contributed by atoms with Crippen molar-refractivity contribution >= 4 is 37.4 Å². The van der Waals surface area contributed by atoms with Crippen LogP contribution in [0.2, 0.25) is 0 Å². The monoisotopic (exact) mass is 412 g/mol. The zero-order chi connectivity index (χ0) is 20.4. The van der Waals surface area contributed by atoms with E-state index in [2.05, 4.69) is 15.3 Å². The molecular weight excluding hydrogens is 384 g/mol. The van der Waals surface area contributed by atoms with Gasteiger partial charge in [-0.25, -0.2) is 4.68 Å². The van der Waals surface area contributed by atoms with Crippen LogP contribution in [0.25, 0.3) is 20.2 Å². The summed E-state index contributed by atoms with van der Waals surface area (Å²) in [5.41, 5.74) is 0.614. The average molecular weight is 413 g/mol. The van der Waals surface area contributed by atoms with Gasteiger partial charge in [0.05, 0.1) is 15.8 Å². The second-order valence-electron chi connectivity index (χ2n) is 7.75. The van der Waals surface area contributed by atoms with Crippen LogP contribution in [0.15, 0.2) is 29.1 Å². The topological polar surface area (TPSA) is 67.2 Å². The van der Waals surface area contributed by atoms with Crippen molar-refractivity contribution in [1.82, 2.24) is 20.0 Å². The maximum atomic E-state index is 13.3. The van der Waals surface area contributed by atoms with Crippen molar-refractivity contribution < 1.29 is 4.79 Å². The van der Waals surface area contributed by atoms with Crippen molar-refractivity contribution in [3.63, 3.8) is 0 Å². The van der Waals surface area contributed by atoms with Crippen LogP contribution < -0.4 is 10.9 Å². The van der Waals surface area contributed by atoms with Gasteiger partial charge in [0.2, 0.25) is 5.91 Å². The van der Waals surface area contributed by atoms with Crippen LogP contribution in [-0.4, -0.2) is 46.8 Å². The maximum Gasteiger partial charge on any atom is 0.276 e. The molecule has 1 aliphatic heterocycles. The molecule has 0 spiro atoms. The lowest BCUT2D eigenvalue weighted by Gasteiger charge is -2.18. The zero-order valence-electron chi connectivity index (χ0n) is 17.1. The van der Waals surface area contributed by atoms with Crippen LogP contribution in [0.5, 0.6) is 0 Å². The van der Waals surface area contributed by atoms with Gasteiger partial charge in [-0.05, 0) is 58.3 Å². The Hall–Kier alpha value is -2.25. The number of carbonyl (C=O) groups is 1. The minimum Gasteiger partial charge on any atom is -0.354 e. The summed E-state index contributed by atoms with van der Waals surface area (Å²) in [5, 5.41) is 9.17. The fraction of sp³-hybridized carbons (Fsp3) is 0.500. The van der Waals surface area contributed by atoms with E-state index in [0.717, 1.165) is 33.4 Å². The van der Waals surface area contributed by atoms with E-state index < -0.39 is 6.04 Å². The molecule has 1 N–H and O–H groups in total. The highest BCUT2D eigenvalue weighted by atomic mass is 32.1. The van der Waals surface area contributed by atoms with Gasteiger partial charge in [-0.2, -0.15) is 5.10 Å². The van der Waals surface area contributed by atoms with Gasteiger partial charge in [-0.1, -0.05) is 25.1 Å². The number of thiophene rings is 1. The Kier molecular flexibility index (Phi) is 5.96. The molecule has 4 rings (SSSR count). The number of aryl methyl sites for hydroxylation is 1. The molecule has 1 saturated heterocycles. The molecule has 1 amide bonds. The van der Waals surface area contributed by atoms with E-state index >= 15 is 0 Å². The third-order valence-corrected chi connectivity index (χ3v) is 7.02. The van der Waals surface area contributed by atoms with Gasteiger partial charge in [0, 0.05) is 16.6 Å². The summed E-state index contributed by atoms with van der Waals surface area (Å²) in [7, 11) is 0. The lowest BCUT2D eigenvalue weighted by Crippen LogP contribution is -2.39. The number of nitrogens with zero attached hydrogens (tertiary/aromatic N) is 3. The van der Waals surface area contributed by atoms with Crippen molar-refractivity contribution in [2.45, 2.75) is 45.6 Å². The van der Waals surface area contributed by atoms with Crippen molar-refractivity contribution in [3.05, 3.63) is 40.3 Å². The van der Waals surface area contributed by atoms with Crippen molar-refractivity contribution in [1.29, 1.82) is 0 Å². The Morgan fingerprint density at radius 2 is 2.03 bits per heavy atom. The van der Waals surface area contributed by atoms with E-state index in [1.165, 1.54) is 30.6 Å². The molecule has 7 heteroatoms. The molecule has 29 heavy (non-hydrogen) atoms. The SMILES string of the molecule is CC[C@@H](C(=O)NCCCN1CCCC1)n1nc(C)c2sc3ccccc3c2c1=O. The number of fused-ring (bicyclic) bond motifs is 3. The van der Waals surface area contributed by atoms with Crippen molar-refractivity contribution in [2.24, 2.45) is 0 Å². The minimum absolute atomic E-state index is 0.123. The molecule has 0 unspecified atom stereocenters. The maximum absolute atomic E-state index is 13.3. The Morgan fingerprint density at radius 3 is 2.79 bits per heavy atom. The predicted molar refractivity (Wildman–Crippen MR) is 119 cm³/mol. The molecule has 1 fully saturated rings. The van der Waals surface area contributed by atoms with Crippen molar-refractivity contribution in [2.75, 3.05) is 26.2 Å². The van der Waals surface area contributed by atoms with E-state index in [1.807, 2.05) is 38.1 Å². The molecule has 0 saturated carbocycles. The highest BCUT2D eigenvalue weighted by Crippen LogP contribution is 2.33. The van der Waals surface area contributed by atoms with Crippen LogP contribution in [0, 0.1) is 6.92 Å². The molecule has 3 heterocycles. The number of carbonyl (C=O) groups excluding carboxylic acids is 1. The van der Waals surface area contributed by atoms with E-state index in [0.29, 0.717) is 18.4 Å². The third kappa shape index (κ3) is 3.94. The predicted octanol–water partition coefficient (Wildman–Crippen LogP) is 3.47. The van der Waals surface area contributed by atoms with Crippen LogP contribution in [0.1, 0.15) is 44.3 Å². The zero-order valence-corrected chi connectivity index (χ0v) is 17.9. The summed E-state index contributed by atoms with van der Waals surface area (Å²) in [6, 6.07) is 7.32. The van der Waals surface area contributed by atoms with E-state index in [4.69, 9.17) is 0 Å². The van der Waals surface area contributed by atoms with Gasteiger partial charge in [-0.15, -0.1) is 11.3 Å².